The zero-order chi connectivity index (χ0) is 18.9. The molecule has 1 aromatic carbocycles. The molecule has 0 radical (unpaired) electrons. The third-order valence-electron chi connectivity index (χ3n) is 4.55. The van der Waals surface area contributed by atoms with Crippen LogP contribution in [0.15, 0.2) is 48.7 Å². The Morgan fingerprint density at radius 1 is 1.00 bits per heavy atom. The summed E-state index contributed by atoms with van der Waals surface area (Å²) in [4.78, 5) is 21.0. The van der Waals surface area contributed by atoms with Gasteiger partial charge in [-0.15, -0.1) is 0 Å². The molecule has 144 valence electrons. The molecule has 2 heterocycles. The molecule has 1 aliphatic rings. The molecule has 0 spiro atoms. The second-order valence-electron chi connectivity index (χ2n) is 6.39. The van der Waals surface area contributed by atoms with Crippen molar-refractivity contribution >= 4 is 11.7 Å². The number of aromatic nitrogens is 1. The minimum absolute atomic E-state index is 0.192. The van der Waals surface area contributed by atoms with E-state index in [1.165, 1.54) is 0 Å². The van der Waals surface area contributed by atoms with Crippen LogP contribution in [0.4, 0.5) is 5.82 Å². The standard InChI is InChI=1S/C21H27N3O3/c1-2-26-18-8-3-4-9-19(18)27-17-7-11-21(25)24-15-13-23(14-16-24)20-10-5-6-12-22-20/h3-6,8-10,12H,2,7,11,13-17H2,1H3. The highest BCUT2D eigenvalue weighted by Crippen LogP contribution is 2.26. The highest BCUT2D eigenvalue weighted by atomic mass is 16.5. The smallest absolute Gasteiger partial charge is 0.222 e. The van der Waals surface area contributed by atoms with Gasteiger partial charge >= 0.3 is 0 Å². The van der Waals surface area contributed by atoms with Crippen LogP contribution in [0.3, 0.4) is 0 Å². The van der Waals surface area contributed by atoms with Crippen molar-refractivity contribution in [3.05, 3.63) is 48.7 Å². The third kappa shape index (κ3) is 5.36. The highest BCUT2D eigenvalue weighted by molar-refractivity contribution is 5.76. The molecule has 1 aliphatic heterocycles. The second-order valence-corrected chi connectivity index (χ2v) is 6.39. The van der Waals surface area contributed by atoms with E-state index in [2.05, 4.69) is 9.88 Å². The normalized spacial score (nSPS) is 14.1. The van der Waals surface area contributed by atoms with Crippen molar-refractivity contribution in [2.75, 3.05) is 44.3 Å². The van der Waals surface area contributed by atoms with Crippen LogP contribution in [0.1, 0.15) is 19.8 Å². The fourth-order valence-corrected chi connectivity index (χ4v) is 3.13. The number of pyridine rings is 1. The Bertz CT molecular complexity index is 716. The van der Waals surface area contributed by atoms with Gasteiger partial charge in [-0.1, -0.05) is 18.2 Å². The van der Waals surface area contributed by atoms with E-state index >= 15 is 0 Å². The summed E-state index contributed by atoms with van der Waals surface area (Å²) in [5.74, 6) is 2.65. The van der Waals surface area contributed by atoms with Crippen LogP contribution >= 0.6 is 0 Å². The number of carbonyl (C=O) groups excluding carboxylic acids is 1. The van der Waals surface area contributed by atoms with E-state index in [1.807, 2.05) is 54.3 Å². The van der Waals surface area contributed by atoms with Gasteiger partial charge in [0.2, 0.25) is 5.91 Å². The molecule has 0 N–H and O–H groups in total. The number of hydrogen-bond donors (Lipinski definition) is 0. The Labute approximate surface area is 160 Å². The van der Waals surface area contributed by atoms with E-state index in [9.17, 15) is 4.79 Å². The number of para-hydroxylation sites is 2. The molecule has 0 atom stereocenters. The van der Waals surface area contributed by atoms with Crippen LogP contribution in [-0.2, 0) is 4.79 Å². The van der Waals surface area contributed by atoms with Crippen LogP contribution in [0, 0.1) is 0 Å². The van der Waals surface area contributed by atoms with Crippen LogP contribution in [0.5, 0.6) is 11.5 Å². The molecule has 3 rings (SSSR count). The Morgan fingerprint density at radius 3 is 2.37 bits per heavy atom. The Morgan fingerprint density at radius 2 is 1.70 bits per heavy atom. The molecule has 0 bridgehead atoms. The lowest BCUT2D eigenvalue weighted by molar-refractivity contribution is -0.131. The number of rotatable bonds is 8. The molecule has 6 heteroatoms. The first-order valence-electron chi connectivity index (χ1n) is 9.56. The first-order valence-corrected chi connectivity index (χ1v) is 9.56. The molecule has 27 heavy (non-hydrogen) atoms. The fourth-order valence-electron chi connectivity index (χ4n) is 3.13. The largest absolute Gasteiger partial charge is 0.490 e. The highest BCUT2D eigenvalue weighted by Gasteiger charge is 2.21. The zero-order valence-corrected chi connectivity index (χ0v) is 15.8. The number of hydrogen-bond acceptors (Lipinski definition) is 5. The first-order chi connectivity index (χ1) is 13.3. The molecule has 1 saturated heterocycles. The molecule has 0 aliphatic carbocycles. The minimum atomic E-state index is 0.192. The van der Waals surface area contributed by atoms with Crippen LogP contribution in [0.2, 0.25) is 0 Å². The van der Waals surface area contributed by atoms with Crippen molar-refractivity contribution in [3.63, 3.8) is 0 Å². The summed E-state index contributed by atoms with van der Waals surface area (Å²) >= 11 is 0. The predicted molar refractivity (Wildman–Crippen MR) is 105 cm³/mol. The quantitative estimate of drug-likeness (QED) is 0.670. The van der Waals surface area contributed by atoms with Crippen LogP contribution in [-0.4, -0.2) is 55.2 Å². The van der Waals surface area contributed by atoms with Crippen molar-refractivity contribution in [3.8, 4) is 11.5 Å². The van der Waals surface area contributed by atoms with Gasteiger partial charge in [-0.2, -0.15) is 0 Å². The Hall–Kier alpha value is -2.76. The number of ether oxygens (including phenoxy) is 2. The Balaban J connectivity index is 1.38. The average Bonchev–Trinajstić information content (AvgIpc) is 2.73. The summed E-state index contributed by atoms with van der Waals surface area (Å²) in [7, 11) is 0. The van der Waals surface area contributed by atoms with Crippen molar-refractivity contribution in [2.45, 2.75) is 19.8 Å². The monoisotopic (exact) mass is 369 g/mol. The van der Waals surface area contributed by atoms with Gasteiger partial charge in [-0.05, 0) is 37.6 Å². The summed E-state index contributed by atoms with van der Waals surface area (Å²) in [5, 5.41) is 0. The lowest BCUT2D eigenvalue weighted by atomic mass is 10.2. The lowest BCUT2D eigenvalue weighted by Crippen LogP contribution is -2.49. The fraction of sp³-hybridized carbons (Fsp3) is 0.429. The van der Waals surface area contributed by atoms with Gasteiger partial charge < -0.3 is 19.3 Å². The van der Waals surface area contributed by atoms with E-state index in [-0.39, 0.29) is 5.91 Å². The Kier molecular flexibility index (Phi) is 6.90. The second kappa shape index (κ2) is 9.80. The van der Waals surface area contributed by atoms with E-state index in [1.54, 1.807) is 6.20 Å². The molecule has 1 fully saturated rings. The van der Waals surface area contributed by atoms with Gasteiger partial charge in [-0.25, -0.2) is 4.98 Å². The lowest BCUT2D eigenvalue weighted by Gasteiger charge is -2.35. The first kappa shape index (κ1) is 19.0. The molecular formula is C21H27N3O3. The van der Waals surface area contributed by atoms with Gasteiger partial charge in [0.25, 0.3) is 0 Å². The maximum absolute atomic E-state index is 12.4. The summed E-state index contributed by atoms with van der Waals surface area (Å²) in [6, 6.07) is 13.5. The topological polar surface area (TPSA) is 54.9 Å². The number of anilines is 1. The molecule has 1 amide bonds. The predicted octanol–water partition coefficient (Wildman–Crippen LogP) is 2.99. The van der Waals surface area contributed by atoms with E-state index in [0.29, 0.717) is 26.1 Å². The van der Waals surface area contributed by atoms with Crippen LogP contribution in [0.25, 0.3) is 0 Å². The molecular weight excluding hydrogens is 342 g/mol. The van der Waals surface area contributed by atoms with Gasteiger partial charge in [-0.3, -0.25) is 4.79 Å². The van der Waals surface area contributed by atoms with Gasteiger partial charge in [0.15, 0.2) is 11.5 Å². The van der Waals surface area contributed by atoms with Crippen molar-refractivity contribution in [1.29, 1.82) is 0 Å². The molecule has 1 aromatic heterocycles. The van der Waals surface area contributed by atoms with E-state index in [0.717, 1.165) is 43.5 Å². The minimum Gasteiger partial charge on any atom is -0.490 e. The van der Waals surface area contributed by atoms with Crippen molar-refractivity contribution in [2.24, 2.45) is 0 Å². The third-order valence-corrected chi connectivity index (χ3v) is 4.55. The van der Waals surface area contributed by atoms with E-state index < -0.39 is 0 Å². The number of nitrogens with zero attached hydrogens (tertiary/aromatic N) is 3. The van der Waals surface area contributed by atoms with Crippen molar-refractivity contribution < 1.29 is 14.3 Å². The van der Waals surface area contributed by atoms with Gasteiger partial charge in [0, 0.05) is 38.8 Å². The number of piperazine rings is 1. The van der Waals surface area contributed by atoms with Gasteiger partial charge in [0.1, 0.15) is 5.82 Å². The van der Waals surface area contributed by atoms with Crippen LogP contribution < -0.4 is 14.4 Å². The van der Waals surface area contributed by atoms with Gasteiger partial charge in [0.05, 0.1) is 13.2 Å². The average molecular weight is 369 g/mol. The zero-order valence-electron chi connectivity index (χ0n) is 15.8. The summed E-state index contributed by atoms with van der Waals surface area (Å²) < 4.78 is 11.3. The maximum atomic E-state index is 12.4. The number of benzene rings is 1. The molecule has 0 saturated carbocycles. The molecule has 0 unspecified atom stereocenters. The summed E-state index contributed by atoms with van der Waals surface area (Å²) in [6.45, 7) is 6.17. The van der Waals surface area contributed by atoms with Crippen molar-refractivity contribution in [1.82, 2.24) is 9.88 Å². The summed E-state index contributed by atoms with van der Waals surface area (Å²) in [5.41, 5.74) is 0. The maximum Gasteiger partial charge on any atom is 0.222 e. The molecule has 6 nitrogen and oxygen atoms in total. The summed E-state index contributed by atoms with van der Waals surface area (Å²) in [6.07, 6.45) is 3.00. The number of amides is 1. The SMILES string of the molecule is CCOc1ccccc1OCCCC(=O)N1CCN(c2ccccn2)CC1. The van der Waals surface area contributed by atoms with E-state index in [4.69, 9.17) is 9.47 Å². The number of carbonyl (C=O) groups is 1. The molecule has 2 aromatic rings.